The Kier molecular flexibility index (Phi) is 6.66. The number of guanidine groups is 1. The van der Waals surface area contributed by atoms with Crippen LogP contribution in [0.15, 0.2) is 22.5 Å². The molecule has 1 aliphatic rings. The first-order valence-corrected chi connectivity index (χ1v) is 10.4. The van der Waals surface area contributed by atoms with Crippen molar-refractivity contribution in [3.63, 3.8) is 0 Å². The molecule has 1 aliphatic carbocycles. The maximum absolute atomic E-state index is 4.79. The van der Waals surface area contributed by atoms with Gasteiger partial charge in [0.05, 0.1) is 0 Å². The summed E-state index contributed by atoms with van der Waals surface area (Å²) in [7, 11) is 1.99. The van der Waals surface area contributed by atoms with E-state index in [0.29, 0.717) is 18.5 Å². The SMILES string of the molecule is Cc1nnc(CN=C(NCC(C)c2cccs2)NC2CCCCC2)n1C. The summed E-state index contributed by atoms with van der Waals surface area (Å²) in [5, 5.41) is 17.7. The van der Waals surface area contributed by atoms with Crippen molar-refractivity contribution in [1.29, 1.82) is 0 Å². The van der Waals surface area contributed by atoms with Gasteiger partial charge in [0, 0.05) is 30.4 Å². The predicted octanol–water partition coefficient (Wildman–Crippen LogP) is 3.36. The average molecular weight is 375 g/mol. The summed E-state index contributed by atoms with van der Waals surface area (Å²) in [4.78, 5) is 6.19. The van der Waals surface area contributed by atoms with E-state index in [1.807, 2.05) is 29.9 Å². The zero-order valence-electron chi connectivity index (χ0n) is 16.0. The lowest BCUT2D eigenvalue weighted by atomic mass is 9.96. The molecule has 1 unspecified atom stereocenters. The maximum Gasteiger partial charge on any atom is 0.191 e. The van der Waals surface area contributed by atoms with Crippen molar-refractivity contribution in [1.82, 2.24) is 25.4 Å². The van der Waals surface area contributed by atoms with Crippen LogP contribution in [-0.4, -0.2) is 33.3 Å². The van der Waals surface area contributed by atoms with E-state index in [-0.39, 0.29) is 0 Å². The van der Waals surface area contributed by atoms with Gasteiger partial charge >= 0.3 is 0 Å². The molecular formula is C19H30N6S. The number of aryl methyl sites for hydroxylation is 1. The van der Waals surface area contributed by atoms with Gasteiger partial charge in [0.2, 0.25) is 0 Å². The topological polar surface area (TPSA) is 67.1 Å². The molecule has 0 radical (unpaired) electrons. The van der Waals surface area contributed by atoms with Gasteiger partial charge < -0.3 is 15.2 Å². The third-order valence-corrected chi connectivity index (χ3v) is 6.22. The Bertz CT molecular complexity index is 700. The lowest BCUT2D eigenvalue weighted by molar-refractivity contribution is 0.409. The number of aliphatic imine (C=N–C) groups is 1. The molecule has 2 N–H and O–H groups in total. The van der Waals surface area contributed by atoms with Gasteiger partial charge in [-0.3, -0.25) is 0 Å². The smallest absolute Gasteiger partial charge is 0.191 e. The maximum atomic E-state index is 4.79. The van der Waals surface area contributed by atoms with E-state index >= 15 is 0 Å². The van der Waals surface area contributed by atoms with Crippen LogP contribution < -0.4 is 10.6 Å². The summed E-state index contributed by atoms with van der Waals surface area (Å²) < 4.78 is 2.00. The highest BCUT2D eigenvalue weighted by molar-refractivity contribution is 7.10. The lowest BCUT2D eigenvalue weighted by Crippen LogP contribution is -2.45. The Morgan fingerprint density at radius 1 is 1.35 bits per heavy atom. The molecule has 2 aromatic rings. The third-order valence-electron chi connectivity index (χ3n) is 5.11. The highest BCUT2D eigenvalue weighted by Gasteiger charge is 2.16. The Balaban J connectivity index is 1.63. The van der Waals surface area contributed by atoms with Gasteiger partial charge in [-0.25, -0.2) is 4.99 Å². The second-order valence-corrected chi connectivity index (χ2v) is 8.14. The Morgan fingerprint density at radius 2 is 2.15 bits per heavy atom. The Morgan fingerprint density at radius 3 is 2.81 bits per heavy atom. The fraction of sp³-hybridized carbons (Fsp3) is 0.632. The summed E-state index contributed by atoms with van der Waals surface area (Å²) in [6.45, 7) is 5.62. The molecule has 3 rings (SSSR count). The zero-order chi connectivity index (χ0) is 18.4. The van der Waals surface area contributed by atoms with Crippen LogP contribution in [0.25, 0.3) is 0 Å². The van der Waals surface area contributed by atoms with Crippen LogP contribution in [0.2, 0.25) is 0 Å². The van der Waals surface area contributed by atoms with Gasteiger partial charge in [-0.2, -0.15) is 0 Å². The first-order chi connectivity index (χ1) is 12.6. The van der Waals surface area contributed by atoms with E-state index in [1.165, 1.54) is 37.0 Å². The first kappa shape index (κ1) is 18.9. The van der Waals surface area contributed by atoms with Crippen LogP contribution in [0.3, 0.4) is 0 Å². The van der Waals surface area contributed by atoms with Crippen LogP contribution in [0.4, 0.5) is 0 Å². The van der Waals surface area contributed by atoms with Crippen LogP contribution in [-0.2, 0) is 13.6 Å². The molecule has 0 aromatic carbocycles. The van der Waals surface area contributed by atoms with E-state index in [4.69, 9.17) is 4.99 Å². The zero-order valence-corrected chi connectivity index (χ0v) is 16.9. The fourth-order valence-electron chi connectivity index (χ4n) is 3.25. The molecule has 6 nitrogen and oxygen atoms in total. The monoisotopic (exact) mass is 374 g/mol. The highest BCUT2D eigenvalue weighted by atomic mass is 32.1. The second kappa shape index (κ2) is 9.16. The first-order valence-electron chi connectivity index (χ1n) is 9.56. The summed E-state index contributed by atoms with van der Waals surface area (Å²) >= 11 is 1.81. The normalized spacial score (nSPS) is 17.3. The number of rotatable bonds is 6. The second-order valence-electron chi connectivity index (χ2n) is 7.16. The largest absolute Gasteiger partial charge is 0.356 e. The number of aromatic nitrogens is 3. The van der Waals surface area contributed by atoms with Crippen molar-refractivity contribution in [2.24, 2.45) is 12.0 Å². The van der Waals surface area contributed by atoms with Crippen molar-refractivity contribution >= 4 is 17.3 Å². The number of nitrogens with one attached hydrogen (secondary N) is 2. The van der Waals surface area contributed by atoms with Crippen molar-refractivity contribution < 1.29 is 0 Å². The summed E-state index contributed by atoms with van der Waals surface area (Å²) in [5.74, 6) is 3.15. The minimum Gasteiger partial charge on any atom is -0.356 e. The molecule has 0 spiro atoms. The van der Waals surface area contributed by atoms with E-state index < -0.39 is 0 Å². The molecule has 26 heavy (non-hydrogen) atoms. The number of hydrogen-bond donors (Lipinski definition) is 2. The molecule has 0 saturated heterocycles. The molecule has 0 aliphatic heterocycles. The summed E-state index contributed by atoms with van der Waals surface area (Å²) in [6.07, 6.45) is 6.41. The van der Waals surface area contributed by atoms with Crippen LogP contribution in [0.5, 0.6) is 0 Å². The number of hydrogen-bond acceptors (Lipinski definition) is 4. The van der Waals surface area contributed by atoms with Crippen LogP contribution in [0, 0.1) is 6.92 Å². The molecular weight excluding hydrogens is 344 g/mol. The molecule has 2 aromatic heterocycles. The molecule has 1 fully saturated rings. The van der Waals surface area contributed by atoms with Crippen molar-refractivity contribution in [3.8, 4) is 0 Å². The summed E-state index contributed by atoms with van der Waals surface area (Å²) in [5.41, 5.74) is 0. The fourth-order valence-corrected chi connectivity index (χ4v) is 4.04. The number of nitrogens with zero attached hydrogens (tertiary/aromatic N) is 4. The third kappa shape index (κ3) is 5.06. The molecule has 142 valence electrons. The molecule has 0 bridgehead atoms. The molecule has 0 amide bonds. The molecule has 7 heteroatoms. The van der Waals surface area contributed by atoms with Crippen LogP contribution >= 0.6 is 11.3 Å². The van der Waals surface area contributed by atoms with Gasteiger partial charge in [0.15, 0.2) is 11.8 Å². The van der Waals surface area contributed by atoms with Gasteiger partial charge in [-0.1, -0.05) is 32.3 Å². The van der Waals surface area contributed by atoms with E-state index in [0.717, 1.165) is 24.2 Å². The lowest BCUT2D eigenvalue weighted by Gasteiger charge is -2.25. The van der Waals surface area contributed by atoms with Gasteiger partial charge in [0.25, 0.3) is 0 Å². The quantitative estimate of drug-likeness (QED) is 0.601. The highest BCUT2D eigenvalue weighted by Crippen LogP contribution is 2.20. The minimum atomic E-state index is 0.463. The Hall–Kier alpha value is -1.89. The molecule has 1 saturated carbocycles. The van der Waals surface area contributed by atoms with Crippen molar-refractivity contribution in [2.45, 2.75) is 64.5 Å². The van der Waals surface area contributed by atoms with Crippen molar-refractivity contribution in [2.75, 3.05) is 6.54 Å². The minimum absolute atomic E-state index is 0.463. The summed E-state index contributed by atoms with van der Waals surface area (Å²) in [6, 6.07) is 4.83. The van der Waals surface area contributed by atoms with Crippen molar-refractivity contribution in [3.05, 3.63) is 34.0 Å². The van der Waals surface area contributed by atoms with Gasteiger partial charge in [0.1, 0.15) is 12.4 Å². The number of thiophene rings is 1. The molecule has 2 heterocycles. The predicted molar refractivity (Wildman–Crippen MR) is 108 cm³/mol. The Labute approximate surface area is 160 Å². The van der Waals surface area contributed by atoms with Crippen LogP contribution in [0.1, 0.15) is 61.5 Å². The van der Waals surface area contributed by atoms with Gasteiger partial charge in [-0.15, -0.1) is 21.5 Å². The van der Waals surface area contributed by atoms with E-state index in [1.54, 1.807) is 0 Å². The van der Waals surface area contributed by atoms with Gasteiger partial charge in [-0.05, 0) is 31.2 Å². The van der Waals surface area contributed by atoms with E-state index in [9.17, 15) is 0 Å². The van der Waals surface area contributed by atoms with E-state index in [2.05, 4.69) is 45.3 Å². The standard InChI is InChI=1S/C19H30N6S/c1-14(17-10-7-11-26-17)12-20-19(22-16-8-5-4-6-9-16)21-13-18-24-23-15(2)25(18)3/h7,10-11,14,16H,4-6,8-9,12-13H2,1-3H3,(H2,20,21,22). The average Bonchev–Trinajstić information content (AvgIpc) is 3.30. The molecule has 1 atom stereocenters.